The first-order chi connectivity index (χ1) is 13.1. The van der Waals surface area contributed by atoms with Crippen LogP contribution >= 0.6 is 0 Å². The van der Waals surface area contributed by atoms with Crippen molar-refractivity contribution in [1.82, 2.24) is 4.72 Å². The SMILES string of the molecule is O=C(O)COc1cccc(/C=C/CNS(=O)(=O)c2ccc(C(F)(F)F)cc2)c1. The molecule has 6 nitrogen and oxygen atoms in total. The molecule has 0 aliphatic heterocycles. The first-order valence-corrected chi connectivity index (χ1v) is 9.34. The van der Waals surface area contributed by atoms with E-state index < -0.39 is 34.3 Å². The summed E-state index contributed by atoms with van der Waals surface area (Å²) in [5.41, 5.74) is -0.284. The monoisotopic (exact) mass is 415 g/mol. The lowest BCUT2D eigenvalue weighted by molar-refractivity contribution is -0.139. The Morgan fingerprint density at radius 2 is 1.82 bits per heavy atom. The van der Waals surface area contributed by atoms with E-state index in [-0.39, 0.29) is 11.4 Å². The van der Waals surface area contributed by atoms with Crippen LogP contribution in [0.3, 0.4) is 0 Å². The predicted molar refractivity (Wildman–Crippen MR) is 95.2 cm³/mol. The molecule has 0 aliphatic rings. The number of rotatable bonds is 8. The van der Waals surface area contributed by atoms with Crippen LogP contribution in [0.25, 0.3) is 6.08 Å². The van der Waals surface area contributed by atoms with Gasteiger partial charge in [0, 0.05) is 6.54 Å². The number of hydrogen-bond donors (Lipinski definition) is 2. The fourth-order valence-corrected chi connectivity index (χ4v) is 3.09. The molecule has 0 amide bonds. The molecular weight excluding hydrogens is 399 g/mol. The second-order valence-electron chi connectivity index (χ2n) is 5.53. The minimum absolute atomic E-state index is 0.0937. The van der Waals surface area contributed by atoms with E-state index >= 15 is 0 Å². The standard InChI is InChI=1S/C18H16F3NO5S/c19-18(20,21)14-6-8-16(9-7-14)28(25,26)22-10-2-4-13-3-1-5-15(11-13)27-12-17(23)24/h1-9,11,22H,10,12H2,(H,23,24)/b4-2+. The highest BCUT2D eigenvalue weighted by molar-refractivity contribution is 7.89. The zero-order valence-corrected chi connectivity index (χ0v) is 15.1. The Balaban J connectivity index is 1.96. The van der Waals surface area contributed by atoms with Gasteiger partial charge >= 0.3 is 12.1 Å². The molecule has 2 aromatic rings. The highest BCUT2D eigenvalue weighted by Gasteiger charge is 2.30. The lowest BCUT2D eigenvalue weighted by Crippen LogP contribution is -2.23. The second-order valence-corrected chi connectivity index (χ2v) is 7.30. The number of nitrogens with one attached hydrogen (secondary N) is 1. The van der Waals surface area contributed by atoms with Gasteiger partial charge in [-0.25, -0.2) is 17.9 Å². The average Bonchev–Trinajstić information content (AvgIpc) is 2.63. The van der Waals surface area contributed by atoms with Gasteiger partial charge in [-0.15, -0.1) is 0 Å². The van der Waals surface area contributed by atoms with Crippen LogP contribution in [0.4, 0.5) is 13.2 Å². The Kier molecular flexibility index (Phi) is 6.81. The van der Waals surface area contributed by atoms with Gasteiger partial charge in [0.25, 0.3) is 0 Å². The largest absolute Gasteiger partial charge is 0.482 e. The Bertz CT molecular complexity index is 954. The molecular formula is C18H16F3NO5S. The average molecular weight is 415 g/mol. The van der Waals surface area contributed by atoms with E-state index in [9.17, 15) is 26.4 Å². The molecule has 0 aliphatic carbocycles. The lowest BCUT2D eigenvalue weighted by Gasteiger charge is -2.08. The number of ether oxygens (including phenoxy) is 1. The summed E-state index contributed by atoms with van der Waals surface area (Å²) < 4.78 is 69.1. The smallest absolute Gasteiger partial charge is 0.416 e. The van der Waals surface area contributed by atoms with Gasteiger partial charge in [-0.05, 0) is 42.0 Å². The van der Waals surface area contributed by atoms with Crippen molar-refractivity contribution in [1.29, 1.82) is 0 Å². The van der Waals surface area contributed by atoms with E-state index in [4.69, 9.17) is 9.84 Å². The topological polar surface area (TPSA) is 92.7 Å². The molecule has 2 aromatic carbocycles. The number of halogens is 3. The maximum atomic E-state index is 12.5. The predicted octanol–water partition coefficient (Wildman–Crippen LogP) is 3.16. The fourth-order valence-electron chi connectivity index (χ4n) is 2.11. The summed E-state index contributed by atoms with van der Waals surface area (Å²) in [4.78, 5) is 10.2. The van der Waals surface area contributed by atoms with E-state index in [1.54, 1.807) is 30.3 Å². The summed E-state index contributed by atoms with van der Waals surface area (Å²) in [5, 5.41) is 8.58. The van der Waals surface area contributed by atoms with E-state index in [0.717, 1.165) is 12.1 Å². The maximum absolute atomic E-state index is 12.5. The number of benzene rings is 2. The molecule has 0 heterocycles. The molecule has 2 rings (SSSR count). The van der Waals surface area contributed by atoms with Crippen molar-refractivity contribution in [2.75, 3.05) is 13.2 Å². The van der Waals surface area contributed by atoms with E-state index in [0.29, 0.717) is 23.4 Å². The Labute approximate surface area is 159 Å². The number of carbonyl (C=O) groups is 1. The van der Waals surface area contributed by atoms with Crippen LogP contribution in [0.1, 0.15) is 11.1 Å². The van der Waals surface area contributed by atoms with Crippen LogP contribution in [0.2, 0.25) is 0 Å². The molecule has 0 atom stereocenters. The number of alkyl halides is 3. The number of carboxylic acid groups (broad SMARTS) is 1. The number of sulfonamides is 1. The third-order valence-corrected chi connectivity index (χ3v) is 4.85. The van der Waals surface area contributed by atoms with Gasteiger partial charge < -0.3 is 9.84 Å². The summed E-state index contributed by atoms with van der Waals surface area (Å²) in [6.07, 6.45) is -1.46. The van der Waals surface area contributed by atoms with Crippen molar-refractivity contribution in [2.24, 2.45) is 0 Å². The van der Waals surface area contributed by atoms with E-state index in [1.807, 2.05) is 0 Å². The van der Waals surface area contributed by atoms with Gasteiger partial charge in [-0.3, -0.25) is 0 Å². The molecule has 0 unspecified atom stereocenters. The summed E-state index contributed by atoms with van der Waals surface area (Å²) >= 11 is 0. The zero-order valence-electron chi connectivity index (χ0n) is 14.3. The molecule has 0 saturated heterocycles. The highest BCUT2D eigenvalue weighted by Crippen LogP contribution is 2.29. The molecule has 0 fully saturated rings. The van der Waals surface area contributed by atoms with Gasteiger partial charge in [-0.2, -0.15) is 13.2 Å². The summed E-state index contributed by atoms with van der Waals surface area (Å²) in [6.45, 7) is -0.580. The molecule has 0 saturated carbocycles. The molecule has 10 heteroatoms. The number of hydrogen-bond acceptors (Lipinski definition) is 4. The quantitative estimate of drug-likeness (QED) is 0.691. The molecule has 0 radical (unpaired) electrons. The Morgan fingerprint density at radius 1 is 1.14 bits per heavy atom. The van der Waals surface area contributed by atoms with Crippen molar-refractivity contribution >= 4 is 22.1 Å². The molecule has 150 valence electrons. The van der Waals surface area contributed by atoms with Crippen molar-refractivity contribution in [3.8, 4) is 5.75 Å². The van der Waals surface area contributed by atoms with Gasteiger partial charge in [0.15, 0.2) is 6.61 Å². The Hall–Kier alpha value is -2.85. The molecule has 0 aromatic heterocycles. The van der Waals surface area contributed by atoms with Gasteiger partial charge in [-0.1, -0.05) is 24.3 Å². The first kappa shape index (κ1) is 21.5. The van der Waals surface area contributed by atoms with Crippen LogP contribution in [-0.4, -0.2) is 32.6 Å². The molecule has 0 bridgehead atoms. The second kappa shape index (κ2) is 8.89. The summed E-state index contributed by atoms with van der Waals surface area (Å²) in [5.74, 6) is -0.770. The van der Waals surface area contributed by atoms with Gasteiger partial charge in [0.2, 0.25) is 10.0 Å². The van der Waals surface area contributed by atoms with Crippen LogP contribution in [0.15, 0.2) is 59.5 Å². The Morgan fingerprint density at radius 3 is 2.43 bits per heavy atom. The highest BCUT2D eigenvalue weighted by atomic mass is 32.2. The van der Waals surface area contributed by atoms with Gasteiger partial charge in [0.05, 0.1) is 10.5 Å². The molecule has 2 N–H and O–H groups in total. The van der Waals surface area contributed by atoms with E-state index in [2.05, 4.69) is 4.72 Å². The van der Waals surface area contributed by atoms with Crippen molar-refractivity contribution in [2.45, 2.75) is 11.1 Å². The zero-order chi connectivity index (χ0) is 20.8. The fraction of sp³-hybridized carbons (Fsp3) is 0.167. The molecule has 0 spiro atoms. The van der Waals surface area contributed by atoms with Crippen molar-refractivity contribution < 1.29 is 36.2 Å². The normalized spacial score (nSPS) is 12.2. The van der Waals surface area contributed by atoms with Crippen LogP contribution in [0.5, 0.6) is 5.75 Å². The van der Waals surface area contributed by atoms with E-state index in [1.165, 1.54) is 6.08 Å². The third kappa shape index (κ3) is 6.39. The van der Waals surface area contributed by atoms with Crippen LogP contribution < -0.4 is 9.46 Å². The van der Waals surface area contributed by atoms with Crippen molar-refractivity contribution in [3.05, 3.63) is 65.7 Å². The lowest BCUT2D eigenvalue weighted by atomic mass is 10.2. The summed E-state index contributed by atoms with van der Waals surface area (Å²) in [7, 11) is -3.96. The maximum Gasteiger partial charge on any atom is 0.416 e. The number of aliphatic carboxylic acids is 1. The summed E-state index contributed by atoms with van der Waals surface area (Å²) in [6, 6.07) is 9.67. The van der Waals surface area contributed by atoms with Gasteiger partial charge in [0.1, 0.15) is 5.75 Å². The minimum Gasteiger partial charge on any atom is -0.482 e. The molecule has 28 heavy (non-hydrogen) atoms. The third-order valence-electron chi connectivity index (χ3n) is 3.41. The van der Waals surface area contributed by atoms with Crippen LogP contribution in [0, 0.1) is 0 Å². The van der Waals surface area contributed by atoms with Crippen LogP contribution in [-0.2, 0) is 21.0 Å². The first-order valence-electron chi connectivity index (χ1n) is 7.86. The number of carboxylic acids is 1. The minimum atomic E-state index is -4.54. The van der Waals surface area contributed by atoms with Crippen molar-refractivity contribution in [3.63, 3.8) is 0 Å².